The molecule has 10 heteroatoms. The lowest BCUT2D eigenvalue weighted by atomic mass is 10.2. The Hall–Kier alpha value is -1.10. The summed E-state index contributed by atoms with van der Waals surface area (Å²) >= 11 is 0. The smallest absolute Gasteiger partial charge is 0.249 e. The van der Waals surface area contributed by atoms with Gasteiger partial charge in [0.2, 0.25) is 10.0 Å². The second-order valence-corrected chi connectivity index (χ2v) is 10.4. The summed E-state index contributed by atoms with van der Waals surface area (Å²) in [5.74, 6) is -2.89. The molecule has 2 saturated heterocycles. The zero-order chi connectivity index (χ0) is 18.2. The molecule has 0 aliphatic carbocycles. The maximum atomic E-state index is 14.1. The third-order valence-corrected chi connectivity index (χ3v) is 8.23. The van der Waals surface area contributed by atoms with E-state index in [2.05, 4.69) is 0 Å². The molecule has 2 fully saturated rings. The fourth-order valence-electron chi connectivity index (χ4n) is 3.28. The van der Waals surface area contributed by atoms with E-state index in [4.69, 9.17) is 4.74 Å². The zero-order valence-corrected chi connectivity index (χ0v) is 15.0. The first kappa shape index (κ1) is 18.7. The van der Waals surface area contributed by atoms with Gasteiger partial charge < -0.3 is 4.74 Å². The lowest BCUT2D eigenvalue weighted by Gasteiger charge is -2.29. The minimum atomic E-state index is -4.54. The molecule has 0 N–H and O–H groups in total. The van der Waals surface area contributed by atoms with Crippen LogP contribution < -0.4 is 0 Å². The highest BCUT2D eigenvalue weighted by Gasteiger charge is 2.42. The maximum absolute atomic E-state index is 14.1. The molecule has 0 spiro atoms. The van der Waals surface area contributed by atoms with E-state index < -0.39 is 48.5 Å². The van der Waals surface area contributed by atoms with E-state index in [9.17, 15) is 25.6 Å². The van der Waals surface area contributed by atoms with E-state index >= 15 is 0 Å². The van der Waals surface area contributed by atoms with Gasteiger partial charge in [0.05, 0.1) is 17.6 Å². The van der Waals surface area contributed by atoms with Crippen LogP contribution in [0.1, 0.15) is 19.3 Å². The van der Waals surface area contributed by atoms with Gasteiger partial charge >= 0.3 is 0 Å². The summed E-state index contributed by atoms with van der Waals surface area (Å²) in [6, 6.07) is 1.96. The fourth-order valence-corrected chi connectivity index (χ4v) is 6.90. The first-order valence-corrected chi connectivity index (χ1v) is 11.2. The molecule has 1 aromatic carbocycles. The summed E-state index contributed by atoms with van der Waals surface area (Å²) < 4.78 is 84.0. The molecule has 0 saturated carbocycles. The van der Waals surface area contributed by atoms with Crippen molar-refractivity contribution in [3.05, 3.63) is 29.8 Å². The van der Waals surface area contributed by atoms with E-state index in [0.29, 0.717) is 13.0 Å². The molecule has 2 aliphatic heterocycles. The van der Waals surface area contributed by atoms with Crippen molar-refractivity contribution in [2.24, 2.45) is 0 Å². The fraction of sp³-hybridized carbons (Fsp3) is 0.600. The van der Waals surface area contributed by atoms with Gasteiger partial charge in [-0.1, -0.05) is 6.07 Å². The summed E-state index contributed by atoms with van der Waals surface area (Å²) in [5, 5.41) is 0. The van der Waals surface area contributed by atoms with Crippen LogP contribution in [0.2, 0.25) is 0 Å². The number of hydrogen-bond donors (Lipinski definition) is 0. The maximum Gasteiger partial charge on any atom is 0.249 e. The van der Waals surface area contributed by atoms with Gasteiger partial charge in [-0.3, -0.25) is 0 Å². The Kier molecular flexibility index (Phi) is 5.16. The average Bonchev–Trinajstić information content (AvgIpc) is 3.13. The van der Waals surface area contributed by atoms with Crippen molar-refractivity contribution in [3.63, 3.8) is 0 Å². The van der Waals surface area contributed by atoms with Crippen molar-refractivity contribution in [1.82, 2.24) is 4.31 Å². The van der Waals surface area contributed by atoms with Crippen molar-refractivity contribution < 1.29 is 30.4 Å². The molecule has 1 aromatic rings. The summed E-state index contributed by atoms with van der Waals surface area (Å²) in [6.45, 7) is 0.367. The predicted octanol–water partition coefficient (Wildman–Crippen LogP) is 1.32. The van der Waals surface area contributed by atoms with Crippen molar-refractivity contribution >= 4 is 19.9 Å². The summed E-state index contributed by atoms with van der Waals surface area (Å²) in [7, 11) is -7.92. The average molecular weight is 395 g/mol. The number of sulfone groups is 1. The number of ether oxygens (including phenoxy) is 1. The van der Waals surface area contributed by atoms with E-state index in [-0.39, 0.29) is 24.5 Å². The second-order valence-electron chi connectivity index (χ2n) is 6.32. The SMILES string of the molecule is O=S1(=O)CC[C@@H](N(C[C@@H]2CCCO2)S(=O)(=O)c2c(F)cccc2F)C1. The molecule has 2 atom stereocenters. The van der Waals surface area contributed by atoms with Gasteiger partial charge in [-0.05, 0) is 31.4 Å². The molecule has 0 radical (unpaired) electrons. The van der Waals surface area contributed by atoms with Gasteiger partial charge in [-0.15, -0.1) is 0 Å². The first-order valence-electron chi connectivity index (χ1n) is 7.98. The van der Waals surface area contributed by atoms with Gasteiger partial charge in [-0.25, -0.2) is 25.6 Å². The van der Waals surface area contributed by atoms with Gasteiger partial charge in [0.25, 0.3) is 0 Å². The van der Waals surface area contributed by atoms with Crippen LogP contribution in [-0.4, -0.2) is 57.9 Å². The highest BCUT2D eigenvalue weighted by Crippen LogP contribution is 2.29. The molecule has 3 rings (SSSR count). The third-order valence-electron chi connectivity index (χ3n) is 4.51. The Bertz CT molecular complexity index is 830. The summed E-state index contributed by atoms with van der Waals surface area (Å²) in [6.07, 6.45) is 1.07. The standard InChI is InChI=1S/C15H19F2NO5S2/c16-13-4-1-5-14(17)15(13)25(21,22)18(9-12-3-2-7-23-12)11-6-8-24(19,20)10-11/h1,4-5,11-12H,2-3,6-10H2/t11-,12+/m1/s1. The minimum Gasteiger partial charge on any atom is -0.377 e. The predicted molar refractivity (Wildman–Crippen MR) is 86.3 cm³/mol. The monoisotopic (exact) mass is 395 g/mol. The number of sulfonamides is 1. The first-order chi connectivity index (χ1) is 11.7. The van der Waals surface area contributed by atoms with E-state index in [1.54, 1.807) is 0 Å². The Morgan fingerprint density at radius 3 is 2.40 bits per heavy atom. The Balaban J connectivity index is 2.00. The van der Waals surface area contributed by atoms with Crippen LogP contribution in [0, 0.1) is 11.6 Å². The van der Waals surface area contributed by atoms with Crippen LogP contribution in [-0.2, 0) is 24.6 Å². The van der Waals surface area contributed by atoms with Crippen molar-refractivity contribution in [1.29, 1.82) is 0 Å². The van der Waals surface area contributed by atoms with E-state index in [1.807, 2.05) is 0 Å². The number of rotatable bonds is 5. The highest BCUT2D eigenvalue weighted by molar-refractivity contribution is 7.92. The van der Waals surface area contributed by atoms with Gasteiger partial charge in [-0.2, -0.15) is 4.31 Å². The number of halogens is 2. The lowest BCUT2D eigenvalue weighted by Crippen LogP contribution is -2.45. The molecule has 25 heavy (non-hydrogen) atoms. The van der Waals surface area contributed by atoms with Crippen LogP contribution in [0.5, 0.6) is 0 Å². The molecule has 0 unspecified atom stereocenters. The van der Waals surface area contributed by atoms with Gasteiger partial charge in [0.1, 0.15) is 11.6 Å². The Labute approximate surface area is 145 Å². The number of hydrogen-bond acceptors (Lipinski definition) is 5. The van der Waals surface area contributed by atoms with Crippen LogP contribution in [0.4, 0.5) is 8.78 Å². The molecule has 2 heterocycles. The zero-order valence-electron chi connectivity index (χ0n) is 13.4. The second kappa shape index (κ2) is 6.90. The lowest BCUT2D eigenvalue weighted by molar-refractivity contribution is 0.0875. The molecule has 0 bridgehead atoms. The van der Waals surface area contributed by atoms with E-state index in [1.165, 1.54) is 0 Å². The number of benzene rings is 1. The van der Waals surface area contributed by atoms with Crippen LogP contribution in [0.25, 0.3) is 0 Å². The minimum absolute atomic E-state index is 0.102. The molecule has 2 aliphatic rings. The van der Waals surface area contributed by atoms with Crippen molar-refractivity contribution in [2.45, 2.75) is 36.3 Å². The van der Waals surface area contributed by atoms with Crippen LogP contribution in [0.3, 0.4) is 0 Å². The topological polar surface area (TPSA) is 80.8 Å². The third kappa shape index (κ3) is 3.86. The Morgan fingerprint density at radius 1 is 1.20 bits per heavy atom. The molecule has 0 amide bonds. The van der Waals surface area contributed by atoms with Crippen LogP contribution in [0.15, 0.2) is 23.1 Å². The van der Waals surface area contributed by atoms with E-state index in [0.717, 1.165) is 28.9 Å². The van der Waals surface area contributed by atoms with Gasteiger partial charge in [0.15, 0.2) is 14.7 Å². The molecular weight excluding hydrogens is 376 g/mol. The molecule has 6 nitrogen and oxygen atoms in total. The Morgan fingerprint density at radius 2 is 1.88 bits per heavy atom. The largest absolute Gasteiger partial charge is 0.377 e. The molecular formula is C15H19F2NO5S2. The highest BCUT2D eigenvalue weighted by atomic mass is 32.2. The molecule has 0 aromatic heterocycles. The van der Waals surface area contributed by atoms with Crippen LogP contribution >= 0.6 is 0 Å². The molecule has 140 valence electrons. The quantitative estimate of drug-likeness (QED) is 0.751. The number of nitrogens with zero attached hydrogens (tertiary/aromatic N) is 1. The van der Waals surface area contributed by atoms with Crippen molar-refractivity contribution in [3.8, 4) is 0 Å². The van der Waals surface area contributed by atoms with Gasteiger partial charge in [0, 0.05) is 19.2 Å². The van der Waals surface area contributed by atoms with Crippen molar-refractivity contribution in [2.75, 3.05) is 24.7 Å². The summed E-state index contributed by atoms with van der Waals surface area (Å²) in [5.41, 5.74) is 0. The summed E-state index contributed by atoms with van der Waals surface area (Å²) in [4.78, 5) is -1.04. The normalized spacial score (nSPS) is 26.4.